The fourth-order valence-corrected chi connectivity index (χ4v) is 3.90. The molecule has 108 valence electrons. The van der Waals surface area contributed by atoms with Gasteiger partial charge < -0.3 is 5.32 Å². The normalized spacial score (nSPS) is 25.3. The molecule has 1 atom stereocenters. The molecule has 1 saturated carbocycles. The SMILES string of the molecule is CN(CC(=O)NC(=O)NC1CC1)C1CCS(=O)(=O)C1. The molecule has 0 aromatic heterocycles. The Bertz CT molecular complexity index is 472. The van der Waals surface area contributed by atoms with Crippen molar-refractivity contribution in [2.75, 3.05) is 25.1 Å². The van der Waals surface area contributed by atoms with Crippen LogP contribution in [0, 0.1) is 0 Å². The Kier molecular flexibility index (Phi) is 4.10. The molecule has 1 saturated heterocycles. The number of rotatable bonds is 4. The van der Waals surface area contributed by atoms with Gasteiger partial charge in [0.2, 0.25) is 5.91 Å². The molecule has 8 heteroatoms. The summed E-state index contributed by atoms with van der Waals surface area (Å²) >= 11 is 0. The summed E-state index contributed by atoms with van der Waals surface area (Å²) in [5.74, 6) is -0.151. The zero-order chi connectivity index (χ0) is 14.0. The molecule has 2 N–H and O–H groups in total. The van der Waals surface area contributed by atoms with E-state index in [0.29, 0.717) is 6.42 Å². The van der Waals surface area contributed by atoms with Crippen molar-refractivity contribution in [2.24, 2.45) is 0 Å². The Morgan fingerprint density at radius 1 is 1.26 bits per heavy atom. The Morgan fingerprint density at radius 2 is 1.95 bits per heavy atom. The highest BCUT2D eigenvalue weighted by Gasteiger charge is 2.31. The summed E-state index contributed by atoms with van der Waals surface area (Å²) in [6, 6.07) is -0.410. The second-order valence-corrected chi connectivity index (χ2v) is 7.50. The Hall–Kier alpha value is -1.15. The van der Waals surface area contributed by atoms with Gasteiger partial charge in [-0.25, -0.2) is 13.2 Å². The van der Waals surface area contributed by atoms with Crippen LogP contribution in [0.1, 0.15) is 19.3 Å². The molecule has 1 aliphatic heterocycles. The van der Waals surface area contributed by atoms with Crippen LogP contribution in [-0.4, -0.2) is 62.4 Å². The van der Waals surface area contributed by atoms with Crippen LogP contribution in [0.3, 0.4) is 0 Å². The highest BCUT2D eigenvalue weighted by molar-refractivity contribution is 7.91. The van der Waals surface area contributed by atoms with E-state index in [1.807, 2.05) is 0 Å². The van der Waals surface area contributed by atoms with Crippen LogP contribution in [0.15, 0.2) is 0 Å². The number of nitrogens with zero attached hydrogens (tertiary/aromatic N) is 1. The van der Waals surface area contributed by atoms with Crippen molar-refractivity contribution < 1.29 is 18.0 Å². The summed E-state index contributed by atoms with van der Waals surface area (Å²) in [6.07, 6.45) is 2.46. The van der Waals surface area contributed by atoms with Crippen molar-refractivity contribution in [1.29, 1.82) is 0 Å². The summed E-state index contributed by atoms with van der Waals surface area (Å²) in [5.41, 5.74) is 0. The van der Waals surface area contributed by atoms with Crippen LogP contribution in [0.25, 0.3) is 0 Å². The lowest BCUT2D eigenvalue weighted by molar-refractivity contribution is -0.121. The molecule has 19 heavy (non-hydrogen) atoms. The third-order valence-electron chi connectivity index (χ3n) is 3.39. The molecule has 1 unspecified atom stereocenters. The summed E-state index contributed by atoms with van der Waals surface area (Å²) in [6.45, 7) is 0.0261. The van der Waals surface area contributed by atoms with E-state index in [4.69, 9.17) is 0 Å². The molecule has 0 aromatic rings. The molecule has 0 spiro atoms. The molecule has 1 heterocycles. The first-order valence-corrected chi connectivity index (χ1v) is 8.19. The Morgan fingerprint density at radius 3 is 2.47 bits per heavy atom. The number of hydrogen-bond donors (Lipinski definition) is 2. The minimum atomic E-state index is -2.96. The van der Waals surface area contributed by atoms with Gasteiger partial charge in [0.15, 0.2) is 9.84 Å². The minimum absolute atomic E-state index is 0.0261. The van der Waals surface area contributed by atoms with Crippen LogP contribution in [-0.2, 0) is 14.6 Å². The lowest BCUT2D eigenvalue weighted by Gasteiger charge is -2.22. The maximum atomic E-state index is 11.6. The van der Waals surface area contributed by atoms with Gasteiger partial charge in [0.05, 0.1) is 18.1 Å². The number of sulfone groups is 1. The summed E-state index contributed by atoms with van der Waals surface area (Å²) in [4.78, 5) is 24.7. The van der Waals surface area contributed by atoms with Crippen molar-refractivity contribution in [3.05, 3.63) is 0 Å². The maximum absolute atomic E-state index is 11.6. The average molecular weight is 289 g/mol. The second-order valence-electron chi connectivity index (χ2n) is 5.27. The Labute approximate surface area is 112 Å². The molecule has 0 radical (unpaired) electrons. The number of nitrogens with one attached hydrogen (secondary N) is 2. The van der Waals surface area contributed by atoms with Crippen LogP contribution in [0.2, 0.25) is 0 Å². The lowest BCUT2D eigenvalue weighted by Crippen LogP contribution is -2.46. The highest BCUT2D eigenvalue weighted by atomic mass is 32.2. The first-order valence-electron chi connectivity index (χ1n) is 6.37. The molecular formula is C11H19N3O4S. The molecular weight excluding hydrogens is 270 g/mol. The van der Waals surface area contributed by atoms with E-state index in [1.165, 1.54) is 0 Å². The van der Waals surface area contributed by atoms with Gasteiger partial charge in [-0.2, -0.15) is 0 Å². The summed E-state index contributed by atoms with van der Waals surface area (Å²) in [7, 11) is -1.26. The van der Waals surface area contributed by atoms with E-state index in [9.17, 15) is 18.0 Å². The fraction of sp³-hybridized carbons (Fsp3) is 0.818. The van der Waals surface area contributed by atoms with Gasteiger partial charge in [-0.3, -0.25) is 15.0 Å². The first kappa shape index (κ1) is 14.3. The van der Waals surface area contributed by atoms with Crippen molar-refractivity contribution in [1.82, 2.24) is 15.5 Å². The predicted octanol–water partition coefficient (Wildman–Crippen LogP) is -0.906. The standard InChI is InChI=1S/C11H19N3O4S/c1-14(9-4-5-19(17,18)7-9)6-10(15)13-11(16)12-8-2-3-8/h8-9H,2-7H2,1H3,(H2,12,13,15,16). The summed E-state index contributed by atoms with van der Waals surface area (Å²) in [5, 5.41) is 4.90. The third-order valence-corrected chi connectivity index (χ3v) is 5.14. The van der Waals surface area contributed by atoms with Crippen molar-refractivity contribution in [3.63, 3.8) is 0 Å². The molecule has 2 rings (SSSR count). The van der Waals surface area contributed by atoms with Gasteiger partial charge in [-0.15, -0.1) is 0 Å². The van der Waals surface area contributed by atoms with Crippen LogP contribution < -0.4 is 10.6 Å². The smallest absolute Gasteiger partial charge is 0.321 e. The van der Waals surface area contributed by atoms with Gasteiger partial charge in [-0.05, 0) is 26.3 Å². The average Bonchev–Trinajstić information content (AvgIpc) is 3.00. The largest absolute Gasteiger partial charge is 0.335 e. The topological polar surface area (TPSA) is 95.6 Å². The molecule has 0 aromatic carbocycles. The predicted molar refractivity (Wildman–Crippen MR) is 69.4 cm³/mol. The first-order chi connectivity index (χ1) is 8.85. The van der Waals surface area contributed by atoms with E-state index in [0.717, 1.165) is 12.8 Å². The van der Waals surface area contributed by atoms with Crippen molar-refractivity contribution in [2.45, 2.75) is 31.3 Å². The minimum Gasteiger partial charge on any atom is -0.335 e. The number of hydrogen-bond acceptors (Lipinski definition) is 5. The zero-order valence-corrected chi connectivity index (χ0v) is 11.7. The molecule has 1 aliphatic carbocycles. The van der Waals surface area contributed by atoms with Gasteiger partial charge in [0.25, 0.3) is 0 Å². The maximum Gasteiger partial charge on any atom is 0.321 e. The lowest BCUT2D eigenvalue weighted by atomic mass is 10.2. The van der Waals surface area contributed by atoms with Gasteiger partial charge in [-0.1, -0.05) is 0 Å². The molecule has 0 bridgehead atoms. The van der Waals surface area contributed by atoms with Crippen LogP contribution in [0.5, 0.6) is 0 Å². The number of urea groups is 1. The van der Waals surface area contributed by atoms with Crippen molar-refractivity contribution >= 4 is 21.8 Å². The number of amides is 3. The molecule has 3 amide bonds. The van der Waals surface area contributed by atoms with Gasteiger partial charge in [0, 0.05) is 12.1 Å². The zero-order valence-electron chi connectivity index (χ0n) is 10.9. The van der Waals surface area contributed by atoms with E-state index < -0.39 is 21.8 Å². The van der Waals surface area contributed by atoms with E-state index in [2.05, 4.69) is 10.6 Å². The van der Waals surface area contributed by atoms with Crippen LogP contribution >= 0.6 is 0 Å². The molecule has 2 aliphatic rings. The van der Waals surface area contributed by atoms with E-state index >= 15 is 0 Å². The van der Waals surface area contributed by atoms with Gasteiger partial charge >= 0.3 is 6.03 Å². The number of carbonyl (C=O) groups is 2. The van der Waals surface area contributed by atoms with Crippen molar-refractivity contribution in [3.8, 4) is 0 Å². The quantitative estimate of drug-likeness (QED) is 0.699. The van der Waals surface area contributed by atoms with Crippen LogP contribution in [0.4, 0.5) is 4.79 Å². The second kappa shape index (κ2) is 5.46. The molecule has 2 fully saturated rings. The highest BCUT2D eigenvalue weighted by Crippen LogP contribution is 2.18. The van der Waals surface area contributed by atoms with E-state index in [-0.39, 0.29) is 30.1 Å². The fourth-order valence-electron chi connectivity index (χ4n) is 2.09. The molecule has 7 nitrogen and oxygen atoms in total. The number of carbonyl (C=O) groups excluding carboxylic acids is 2. The summed E-state index contributed by atoms with van der Waals surface area (Å²) < 4.78 is 22.7. The third kappa shape index (κ3) is 4.46. The van der Waals surface area contributed by atoms with Gasteiger partial charge in [0.1, 0.15) is 0 Å². The monoisotopic (exact) mass is 289 g/mol. The Balaban J connectivity index is 1.73. The number of imide groups is 1. The van der Waals surface area contributed by atoms with E-state index in [1.54, 1.807) is 11.9 Å². The number of likely N-dealkylation sites (N-methyl/N-ethyl adjacent to an activating group) is 1.